The lowest BCUT2D eigenvalue weighted by molar-refractivity contribution is 0.0258. The summed E-state index contributed by atoms with van der Waals surface area (Å²) in [5.41, 5.74) is 5.45. The van der Waals surface area contributed by atoms with E-state index in [1.54, 1.807) is 4.90 Å². The molecule has 2 amide bonds. The largest absolute Gasteiger partial charge is 0.490 e. The van der Waals surface area contributed by atoms with Crippen LogP contribution in [0.25, 0.3) is 0 Å². The first kappa shape index (κ1) is 22.2. The smallest absolute Gasteiger partial charge is 0.410 e. The average Bonchev–Trinajstić information content (AvgIpc) is 2.95. The van der Waals surface area contributed by atoms with Gasteiger partial charge in [0.1, 0.15) is 18.0 Å². The van der Waals surface area contributed by atoms with Gasteiger partial charge in [0.2, 0.25) is 0 Å². The van der Waals surface area contributed by atoms with Crippen LogP contribution in [0.3, 0.4) is 0 Å². The number of carbonyl (C=O) groups is 2. The van der Waals surface area contributed by atoms with Crippen LogP contribution in [0.4, 0.5) is 10.5 Å². The van der Waals surface area contributed by atoms with E-state index >= 15 is 0 Å². The molecule has 2 aliphatic heterocycles. The number of fused-ring (bicyclic) bond motifs is 2. The number of amides is 2. The summed E-state index contributed by atoms with van der Waals surface area (Å²) in [4.78, 5) is 29.7. The Labute approximate surface area is 190 Å². The fourth-order valence-electron chi connectivity index (χ4n) is 4.54. The lowest BCUT2D eigenvalue weighted by atomic mass is 9.94. The second-order valence-electron chi connectivity index (χ2n) is 9.57. The van der Waals surface area contributed by atoms with Crippen molar-refractivity contribution < 1.29 is 19.1 Å². The van der Waals surface area contributed by atoms with Gasteiger partial charge in [-0.2, -0.15) is 0 Å². The van der Waals surface area contributed by atoms with Gasteiger partial charge in [0, 0.05) is 18.7 Å². The summed E-state index contributed by atoms with van der Waals surface area (Å²) in [6, 6.07) is 9.75. The summed E-state index contributed by atoms with van der Waals surface area (Å²) in [5.74, 6) is 0.750. The number of hydrogen-bond acceptors (Lipinski definition) is 4. The standard InChI is InChI=1S/C26H32N2O4/c1-17-8-6-7-9-20(17)24(29)28-14-15-31-22-16-19-10-12-27(25(30)32-26(3,4)5)13-11-21(19)18(2)23(22)28/h6-9,16H,10-15H2,1-5H3. The number of carbonyl (C=O) groups excluding carboxylic acids is 2. The molecule has 32 heavy (non-hydrogen) atoms. The molecule has 0 unspecified atom stereocenters. The molecule has 6 heteroatoms. The van der Waals surface area contributed by atoms with Gasteiger partial charge >= 0.3 is 6.09 Å². The van der Waals surface area contributed by atoms with Crippen molar-refractivity contribution in [3.05, 3.63) is 58.1 Å². The molecule has 0 saturated heterocycles. The maximum atomic E-state index is 13.4. The number of rotatable bonds is 1. The minimum atomic E-state index is -0.518. The quantitative estimate of drug-likeness (QED) is 0.651. The summed E-state index contributed by atoms with van der Waals surface area (Å²) >= 11 is 0. The van der Waals surface area contributed by atoms with E-state index in [1.165, 1.54) is 11.1 Å². The molecule has 2 heterocycles. The van der Waals surface area contributed by atoms with Crippen LogP contribution < -0.4 is 9.64 Å². The Bertz CT molecular complexity index is 1050. The molecule has 0 aromatic heterocycles. The van der Waals surface area contributed by atoms with Crippen LogP contribution in [0.1, 0.15) is 53.4 Å². The summed E-state index contributed by atoms with van der Waals surface area (Å²) in [5, 5.41) is 0. The molecule has 0 spiro atoms. The zero-order valence-corrected chi connectivity index (χ0v) is 19.7. The molecule has 0 bridgehead atoms. The summed E-state index contributed by atoms with van der Waals surface area (Å²) in [6.45, 7) is 11.8. The van der Waals surface area contributed by atoms with E-state index in [1.807, 2.05) is 56.9 Å². The molecular formula is C26H32N2O4. The van der Waals surface area contributed by atoms with Gasteiger partial charge in [0.05, 0.1) is 12.2 Å². The molecule has 2 aliphatic rings. The first-order chi connectivity index (χ1) is 15.2. The minimum Gasteiger partial charge on any atom is -0.490 e. The Morgan fingerprint density at radius 2 is 1.75 bits per heavy atom. The van der Waals surface area contributed by atoms with Crippen molar-refractivity contribution in [3.63, 3.8) is 0 Å². The Kier molecular flexibility index (Phi) is 5.89. The molecule has 0 radical (unpaired) electrons. The SMILES string of the molecule is Cc1ccccc1C(=O)N1CCOc2cc3c(c(C)c21)CCN(C(=O)OC(C)(C)C)CC3. The summed E-state index contributed by atoms with van der Waals surface area (Å²) < 4.78 is 11.6. The number of anilines is 1. The molecule has 0 fully saturated rings. The van der Waals surface area contributed by atoms with Gasteiger partial charge in [-0.05, 0) is 81.8 Å². The van der Waals surface area contributed by atoms with Crippen LogP contribution in [-0.4, -0.2) is 48.7 Å². The number of ether oxygens (including phenoxy) is 2. The van der Waals surface area contributed by atoms with E-state index < -0.39 is 5.60 Å². The molecule has 0 atom stereocenters. The van der Waals surface area contributed by atoms with E-state index in [0.29, 0.717) is 31.8 Å². The van der Waals surface area contributed by atoms with E-state index in [4.69, 9.17) is 9.47 Å². The Morgan fingerprint density at radius 3 is 2.47 bits per heavy atom. The van der Waals surface area contributed by atoms with Crippen molar-refractivity contribution in [1.29, 1.82) is 0 Å². The third kappa shape index (κ3) is 4.31. The highest BCUT2D eigenvalue weighted by Crippen LogP contribution is 2.40. The Hall–Kier alpha value is -3.02. The van der Waals surface area contributed by atoms with Gasteiger partial charge in [-0.15, -0.1) is 0 Å². The van der Waals surface area contributed by atoms with Gasteiger partial charge < -0.3 is 19.3 Å². The average molecular weight is 437 g/mol. The molecule has 0 N–H and O–H groups in total. The van der Waals surface area contributed by atoms with Crippen LogP contribution in [0.15, 0.2) is 30.3 Å². The predicted molar refractivity (Wildman–Crippen MR) is 125 cm³/mol. The molecule has 4 rings (SSSR count). The Balaban J connectivity index is 1.65. The third-order valence-electron chi connectivity index (χ3n) is 6.13. The van der Waals surface area contributed by atoms with Crippen molar-refractivity contribution in [1.82, 2.24) is 4.90 Å². The summed E-state index contributed by atoms with van der Waals surface area (Å²) in [6.07, 6.45) is 1.18. The Morgan fingerprint density at radius 1 is 1.03 bits per heavy atom. The molecule has 0 saturated carbocycles. The van der Waals surface area contributed by atoms with E-state index in [2.05, 4.69) is 13.0 Å². The highest BCUT2D eigenvalue weighted by molar-refractivity contribution is 6.08. The third-order valence-corrected chi connectivity index (χ3v) is 6.13. The molecule has 2 aromatic carbocycles. The van der Waals surface area contributed by atoms with Crippen LogP contribution in [0.5, 0.6) is 5.75 Å². The number of aryl methyl sites for hydroxylation is 1. The number of hydrogen-bond donors (Lipinski definition) is 0. The van der Waals surface area contributed by atoms with Crippen molar-refractivity contribution >= 4 is 17.7 Å². The maximum absolute atomic E-state index is 13.4. The van der Waals surface area contributed by atoms with Gasteiger partial charge in [-0.1, -0.05) is 18.2 Å². The normalized spacial score (nSPS) is 15.9. The number of benzene rings is 2. The second-order valence-corrected chi connectivity index (χ2v) is 9.57. The van der Waals surface area contributed by atoms with Gasteiger partial charge in [-0.25, -0.2) is 4.79 Å². The van der Waals surface area contributed by atoms with E-state index in [-0.39, 0.29) is 12.0 Å². The topological polar surface area (TPSA) is 59.1 Å². The first-order valence-electron chi connectivity index (χ1n) is 11.3. The van der Waals surface area contributed by atoms with Crippen LogP contribution in [0.2, 0.25) is 0 Å². The molecule has 6 nitrogen and oxygen atoms in total. The molecule has 2 aromatic rings. The van der Waals surface area contributed by atoms with E-state index in [0.717, 1.165) is 35.4 Å². The zero-order valence-electron chi connectivity index (χ0n) is 19.7. The van der Waals surface area contributed by atoms with Crippen molar-refractivity contribution in [2.45, 2.75) is 53.1 Å². The van der Waals surface area contributed by atoms with Crippen LogP contribution >= 0.6 is 0 Å². The van der Waals surface area contributed by atoms with Gasteiger partial charge in [-0.3, -0.25) is 4.79 Å². The molecule has 170 valence electrons. The fraction of sp³-hybridized carbons (Fsp3) is 0.462. The maximum Gasteiger partial charge on any atom is 0.410 e. The summed E-state index contributed by atoms with van der Waals surface area (Å²) in [7, 11) is 0. The van der Waals surface area contributed by atoms with Crippen LogP contribution in [0, 0.1) is 13.8 Å². The lowest BCUT2D eigenvalue weighted by Crippen LogP contribution is -2.39. The fourth-order valence-corrected chi connectivity index (χ4v) is 4.54. The van der Waals surface area contributed by atoms with Crippen molar-refractivity contribution in [3.8, 4) is 5.75 Å². The lowest BCUT2D eigenvalue weighted by Gasteiger charge is -2.33. The van der Waals surface area contributed by atoms with E-state index in [9.17, 15) is 9.59 Å². The van der Waals surface area contributed by atoms with Gasteiger partial charge in [0.25, 0.3) is 5.91 Å². The monoisotopic (exact) mass is 436 g/mol. The first-order valence-corrected chi connectivity index (χ1v) is 11.3. The van der Waals surface area contributed by atoms with Crippen molar-refractivity contribution in [2.24, 2.45) is 0 Å². The predicted octanol–water partition coefficient (Wildman–Crippen LogP) is 4.68. The highest BCUT2D eigenvalue weighted by Gasteiger charge is 2.31. The molecule has 0 aliphatic carbocycles. The highest BCUT2D eigenvalue weighted by atomic mass is 16.6. The number of nitrogens with zero attached hydrogens (tertiary/aromatic N) is 2. The minimum absolute atomic E-state index is 0.000275. The van der Waals surface area contributed by atoms with Gasteiger partial charge in [0.15, 0.2) is 0 Å². The molecular weight excluding hydrogens is 404 g/mol. The second kappa shape index (κ2) is 8.49. The van der Waals surface area contributed by atoms with Crippen molar-refractivity contribution in [2.75, 3.05) is 31.1 Å². The zero-order chi connectivity index (χ0) is 23.0. The van der Waals surface area contributed by atoms with Crippen LogP contribution in [-0.2, 0) is 17.6 Å².